The summed E-state index contributed by atoms with van der Waals surface area (Å²) in [5.41, 5.74) is 10.2. The van der Waals surface area contributed by atoms with Gasteiger partial charge >= 0.3 is 0 Å². The maximum atomic E-state index is 12.5. The van der Waals surface area contributed by atoms with Crippen LogP contribution in [-0.2, 0) is 10.0 Å². The summed E-state index contributed by atoms with van der Waals surface area (Å²) < 4.78 is 27.8. The first-order valence-electron chi connectivity index (χ1n) is 7.37. The molecular formula is C16H24N2O2S. The van der Waals surface area contributed by atoms with E-state index in [1.807, 2.05) is 19.9 Å². The molecule has 0 atom stereocenters. The monoisotopic (exact) mass is 308 g/mol. The van der Waals surface area contributed by atoms with Gasteiger partial charge in [0.2, 0.25) is 10.0 Å². The van der Waals surface area contributed by atoms with E-state index in [0.717, 1.165) is 30.4 Å². The quantitative estimate of drug-likeness (QED) is 0.649. The van der Waals surface area contributed by atoms with Crippen molar-refractivity contribution in [3.63, 3.8) is 0 Å². The first kappa shape index (κ1) is 16.0. The van der Waals surface area contributed by atoms with Gasteiger partial charge in [-0.25, -0.2) is 13.1 Å². The standard InChI is InChI=1S/C16H24N2O2S/c1-11-10-12(2)16(13(3)15(11)17)21(19,20)18-9-8-14-6-4-5-7-14/h6,10,18H,4-5,7-9,17H2,1-3H3. The highest BCUT2D eigenvalue weighted by molar-refractivity contribution is 7.89. The third-order valence-electron chi connectivity index (χ3n) is 4.10. The number of anilines is 1. The largest absolute Gasteiger partial charge is 0.398 e. The van der Waals surface area contributed by atoms with Gasteiger partial charge in [0.1, 0.15) is 0 Å². The minimum Gasteiger partial charge on any atom is -0.398 e. The van der Waals surface area contributed by atoms with Gasteiger partial charge in [-0.2, -0.15) is 0 Å². The SMILES string of the molecule is Cc1cc(C)c(S(=O)(=O)NCCC2=CCCC2)c(C)c1N. The summed E-state index contributed by atoms with van der Waals surface area (Å²) in [5.74, 6) is 0. The number of rotatable bonds is 5. The number of allylic oxidation sites excluding steroid dienone is 1. The Morgan fingerprint density at radius 2 is 1.95 bits per heavy atom. The summed E-state index contributed by atoms with van der Waals surface area (Å²) in [6.07, 6.45) is 6.41. The Morgan fingerprint density at radius 1 is 1.24 bits per heavy atom. The second-order valence-electron chi connectivity index (χ2n) is 5.78. The van der Waals surface area contributed by atoms with E-state index in [1.54, 1.807) is 6.92 Å². The molecule has 0 aromatic heterocycles. The van der Waals surface area contributed by atoms with Crippen LogP contribution in [-0.4, -0.2) is 15.0 Å². The molecule has 1 aliphatic rings. The summed E-state index contributed by atoms with van der Waals surface area (Å²) in [5, 5.41) is 0. The Hall–Kier alpha value is -1.33. The Bertz CT molecular complexity index is 676. The van der Waals surface area contributed by atoms with E-state index in [0.29, 0.717) is 22.7 Å². The van der Waals surface area contributed by atoms with E-state index >= 15 is 0 Å². The van der Waals surface area contributed by atoms with Gasteiger partial charge in [-0.1, -0.05) is 17.7 Å². The first-order valence-corrected chi connectivity index (χ1v) is 8.85. The molecule has 0 unspecified atom stereocenters. The van der Waals surface area contributed by atoms with Crippen LogP contribution in [0.4, 0.5) is 5.69 Å². The number of hydrogen-bond donors (Lipinski definition) is 2. The lowest BCUT2D eigenvalue weighted by atomic mass is 10.1. The Morgan fingerprint density at radius 3 is 2.57 bits per heavy atom. The molecule has 4 nitrogen and oxygen atoms in total. The van der Waals surface area contributed by atoms with E-state index in [1.165, 1.54) is 12.0 Å². The van der Waals surface area contributed by atoms with Crippen molar-refractivity contribution in [1.29, 1.82) is 0 Å². The van der Waals surface area contributed by atoms with E-state index in [4.69, 9.17) is 5.73 Å². The van der Waals surface area contributed by atoms with Gasteiger partial charge in [-0.05, 0) is 63.1 Å². The van der Waals surface area contributed by atoms with E-state index in [-0.39, 0.29) is 0 Å². The van der Waals surface area contributed by atoms with Gasteiger partial charge in [-0.15, -0.1) is 0 Å². The molecule has 0 fully saturated rings. The molecule has 3 N–H and O–H groups in total. The highest BCUT2D eigenvalue weighted by Gasteiger charge is 2.21. The molecular weight excluding hydrogens is 284 g/mol. The molecule has 1 aliphatic carbocycles. The molecule has 0 saturated carbocycles. The zero-order chi connectivity index (χ0) is 15.6. The zero-order valence-electron chi connectivity index (χ0n) is 13.0. The average molecular weight is 308 g/mol. The molecule has 0 saturated heterocycles. The van der Waals surface area contributed by atoms with E-state index in [9.17, 15) is 8.42 Å². The molecule has 5 heteroatoms. The summed E-state index contributed by atoms with van der Waals surface area (Å²) in [4.78, 5) is 0.325. The first-order chi connectivity index (χ1) is 9.83. The fourth-order valence-corrected chi connectivity index (χ4v) is 4.49. The van der Waals surface area contributed by atoms with E-state index < -0.39 is 10.0 Å². The summed E-state index contributed by atoms with van der Waals surface area (Å²) >= 11 is 0. The van der Waals surface area contributed by atoms with Gasteiger partial charge in [0.15, 0.2) is 0 Å². The van der Waals surface area contributed by atoms with Gasteiger partial charge in [0.05, 0.1) is 4.90 Å². The van der Waals surface area contributed by atoms with Crippen molar-refractivity contribution in [1.82, 2.24) is 4.72 Å². The Balaban J connectivity index is 2.17. The van der Waals surface area contributed by atoms with Crippen molar-refractivity contribution in [3.8, 4) is 0 Å². The van der Waals surface area contributed by atoms with Gasteiger partial charge in [0.25, 0.3) is 0 Å². The fraction of sp³-hybridized carbons (Fsp3) is 0.500. The molecule has 2 rings (SSSR count). The number of nitrogen functional groups attached to an aromatic ring is 1. The van der Waals surface area contributed by atoms with Crippen molar-refractivity contribution in [2.45, 2.75) is 51.3 Å². The second kappa shape index (κ2) is 6.20. The third kappa shape index (κ3) is 3.47. The lowest BCUT2D eigenvalue weighted by Gasteiger charge is -2.15. The van der Waals surface area contributed by atoms with Crippen molar-refractivity contribution in [3.05, 3.63) is 34.4 Å². The summed E-state index contributed by atoms with van der Waals surface area (Å²) in [7, 11) is -3.51. The molecule has 116 valence electrons. The number of benzene rings is 1. The number of sulfonamides is 1. The van der Waals surface area contributed by atoms with Crippen LogP contribution >= 0.6 is 0 Å². The number of aryl methyl sites for hydroxylation is 2. The Labute approximate surface area is 127 Å². The van der Waals surface area contributed by atoms with Crippen LogP contribution in [0.1, 0.15) is 42.4 Å². The minimum absolute atomic E-state index is 0.325. The van der Waals surface area contributed by atoms with Crippen LogP contribution in [0.15, 0.2) is 22.6 Å². The molecule has 0 heterocycles. The van der Waals surface area contributed by atoms with Crippen molar-refractivity contribution >= 4 is 15.7 Å². The van der Waals surface area contributed by atoms with Crippen molar-refractivity contribution in [2.75, 3.05) is 12.3 Å². The van der Waals surface area contributed by atoms with Crippen LogP contribution < -0.4 is 10.5 Å². The fourth-order valence-electron chi connectivity index (χ4n) is 2.98. The predicted molar refractivity (Wildman–Crippen MR) is 86.8 cm³/mol. The molecule has 0 amide bonds. The molecule has 0 aliphatic heterocycles. The lowest BCUT2D eigenvalue weighted by molar-refractivity contribution is 0.580. The van der Waals surface area contributed by atoms with Crippen LogP contribution in [0.25, 0.3) is 0 Å². The van der Waals surface area contributed by atoms with Gasteiger partial charge < -0.3 is 5.73 Å². The average Bonchev–Trinajstić information content (AvgIpc) is 2.88. The molecule has 21 heavy (non-hydrogen) atoms. The topological polar surface area (TPSA) is 72.2 Å². The smallest absolute Gasteiger partial charge is 0.241 e. The predicted octanol–water partition coefficient (Wildman–Crippen LogP) is 2.97. The molecule has 0 spiro atoms. The van der Waals surface area contributed by atoms with E-state index in [2.05, 4.69) is 10.8 Å². The maximum Gasteiger partial charge on any atom is 0.241 e. The number of hydrogen-bond acceptors (Lipinski definition) is 3. The van der Waals surface area contributed by atoms with Crippen LogP contribution in [0.5, 0.6) is 0 Å². The maximum absolute atomic E-state index is 12.5. The summed E-state index contributed by atoms with van der Waals surface area (Å²) in [6, 6.07) is 1.83. The Kier molecular flexibility index (Phi) is 4.74. The normalized spacial score (nSPS) is 15.3. The van der Waals surface area contributed by atoms with Crippen LogP contribution in [0.3, 0.4) is 0 Å². The van der Waals surface area contributed by atoms with Crippen molar-refractivity contribution in [2.24, 2.45) is 0 Å². The zero-order valence-corrected chi connectivity index (χ0v) is 13.8. The highest BCUT2D eigenvalue weighted by atomic mass is 32.2. The van der Waals surface area contributed by atoms with Gasteiger partial charge in [-0.3, -0.25) is 0 Å². The minimum atomic E-state index is -3.51. The molecule has 0 bridgehead atoms. The lowest BCUT2D eigenvalue weighted by Crippen LogP contribution is -2.27. The van der Waals surface area contributed by atoms with Crippen molar-refractivity contribution < 1.29 is 8.42 Å². The summed E-state index contributed by atoms with van der Waals surface area (Å²) in [6.45, 7) is 5.92. The second-order valence-corrected chi connectivity index (χ2v) is 7.48. The molecule has 0 radical (unpaired) electrons. The molecule has 1 aromatic carbocycles. The molecule has 1 aromatic rings. The number of nitrogens with two attached hydrogens (primary N) is 1. The van der Waals surface area contributed by atoms with Crippen LogP contribution in [0, 0.1) is 20.8 Å². The number of nitrogens with one attached hydrogen (secondary N) is 1. The highest BCUT2D eigenvalue weighted by Crippen LogP contribution is 2.28. The van der Waals surface area contributed by atoms with Crippen LogP contribution in [0.2, 0.25) is 0 Å². The third-order valence-corrected chi connectivity index (χ3v) is 5.85. The van der Waals surface area contributed by atoms with Gasteiger partial charge in [0, 0.05) is 12.2 Å².